The SMILES string of the molecule is CCCCC(CCCC(=O)O)c1c(NC(C)=O)c(CC)n(Cc2ccc(F)cc2OCCC)c1C. The van der Waals surface area contributed by atoms with Crippen LogP contribution < -0.4 is 10.1 Å². The standard InChI is InChI=1S/C28H41FN2O4/c1-6-9-11-21(12-10-13-26(33)34)27-19(4)31(24(8-3)28(27)30-20(5)32)18-22-14-15-23(29)17-25(22)35-16-7-2/h14-15,17,21H,6-13,16,18H2,1-5H3,(H,30,32)(H,33,34). The highest BCUT2D eigenvalue weighted by atomic mass is 19.1. The maximum Gasteiger partial charge on any atom is 0.303 e. The monoisotopic (exact) mass is 488 g/mol. The topological polar surface area (TPSA) is 80.6 Å². The fourth-order valence-corrected chi connectivity index (χ4v) is 4.77. The van der Waals surface area contributed by atoms with Crippen molar-refractivity contribution >= 4 is 17.6 Å². The molecule has 0 bridgehead atoms. The number of aromatic nitrogens is 1. The zero-order valence-electron chi connectivity index (χ0n) is 21.9. The third-order valence-electron chi connectivity index (χ3n) is 6.39. The largest absolute Gasteiger partial charge is 0.493 e. The van der Waals surface area contributed by atoms with Gasteiger partial charge in [0.25, 0.3) is 0 Å². The molecule has 0 saturated heterocycles. The lowest BCUT2D eigenvalue weighted by Gasteiger charge is -2.20. The number of aliphatic carboxylic acids is 1. The summed E-state index contributed by atoms with van der Waals surface area (Å²) in [5, 5.41) is 12.2. The minimum absolute atomic E-state index is 0.131. The van der Waals surface area contributed by atoms with Gasteiger partial charge in [0.1, 0.15) is 11.6 Å². The Kier molecular flexibility index (Phi) is 11.3. The second-order valence-corrected chi connectivity index (χ2v) is 9.17. The molecule has 7 heteroatoms. The Labute approximate surface area is 208 Å². The van der Waals surface area contributed by atoms with Crippen molar-refractivity contribution in [1.29, 1.82) is 0 Å². The number of ether oxygens (including phenoxy) is 1. The number of unbranched alkanes of at least 4 members (excludes halogenated alkanes) is 1. The maximum absolute atomic E-state index is 14.0. The summed E-state index contributed by atoms with van der Waals surface area (Å²) in [6.07, 6.45) is 5.99. The van der Waals surface area contributed by atoms with Gasteiger partial charge in [0.2, 0.25) is 5.91 Å². The highest BCUT2D eigenvalue weighted by Gasteiger charge is 2.26. The first-order valence-corrected chi connectivity index (χ1v) is 12.9. The number of hydrogen-bond acceptors (Lipinski definition) is 3. The number of benzene rings is 1. The lowest BCUT2D eigenvalue weighted by atomic mass is 9.87. The first kappa shape index (κ1) is 28.4. The van der Waals surface area contributed by atoms with Gasteiger partial charge in [-0.3, -0.25) is 9.59 Å². The number of carboxylic acids is 1. The Morgan fingerprint density at radius 3 is 2.46 bits per heavy atom. The number of nitrogens with zero attached hydrogens (tertiary/aromatic N) is 1. The van der Waals surface area contributed by atoms with Crippen LogP contribution in [0, 0.1) is 12.7 Å². The van der Waals surface area contributed by atoms with Crippen molar-refractivity contribution in [3.05, 3.63) is 46.5 Å². The summed E-state index contributed by atoms with van der Waals surface area (Å²) < 4.78 is 22.0. The predicted molar refractivity (Wildman–Crippen MR) is 138 cm³/mol. The second kappa shape index (κ2) is 13.9. The molecular weight excluding hydrogens is 447 g/mol. The van der Waals surface area contributed by atoms with Crippen LogP contribution in [0.2, 0.25) is 0 Å². The minimum Gasteiger partial charge on any atom is -0.493 e. The van der Waals surface area contributed by atoms with E-state index < -0.39 is 5.97 Å². The zero-order valence-corrected chi connectivity index (χ0v) is 21.9. The quantitative estimate of drug-likeness (QED) is 0.288. The van der Waals surface area contributed by atoms with Crippen LogP contribution in [-0.4, -0.2) is 28.2 Å². The number of halogens is 1. The van der Waals surface area contributed by atoms with Gasteiger partial charge in [0.05, 0.1) is 18.8 Å². The smallest absolute Gasteiger partial charge is 0.303 e. The van der Waals surface area contributed by atoms with Gasteiger partial charge in [-0.25, -0.2) is 4.39 Å². The summed E-state index contributed by atoms with van der Waals surface area (Å²) >= 11 is 0. The minimum atomic E-state index is -0.791. The number of hydrogen-bond donors (Lipinski definition) is 2. The number of rotatable bonds is 15. The summed E-state index contributed by atoms with van der Waals surface area (Å²) in [4.78, 5) is 23.4. The molecule has 0 spiro atoms. The van der Waals surface area contributed by atoms with Crippen molar-refractivity contribution < 1.29 is 23.8 Å². The molecule has 0 fully saturated rings. The fraction of sp³-hybridized carbons (Fsp3) is 0.571. The molecular formula is C28H41FN2O4. The zero-order chi connectivity index (χ0) is 26.0. The Balaban J connectivity index is 2.59. The summed E-state index contributed by atoms with van der Waals surface area (Å²) in [6.45, 7) is 10.8. The Morgan fingerprint density at radius 1 is 1.14 bits per heavy atom. The summed E-state index contributed by atoms with van der Waals surface area (Å²) in [6, 6.07) is 4.64. The van der Waals surface area contributed by atoms with Gasteiger partial charge < -0.3 is 19.7 Å². The number of nitrogens with one attached hydrogen (secondary N) is 1. The number of carboxylic acid groups (broad SMARTS) is 1. The lowest BCUT2D eigenvalue weighted by Crippen LogP contribution is -2.12. The van der Waals surface area contributed by atoms with Crippen molar-refractivity contribution in [2.45, 2.75) is 98.4 Å². The van der Waals surface area contributed by atoms with E-state index in [2.05, 4.69) is 30.7 Å². The van der Waals surface area contributed by atoms with Crippen LogP contribution in [0.5, 0.6) is 5.75 Å². The van der Waals surface area contributed by atoms with E-state index in [0.717, 1.165) is 60.3 Å². The van der Waals surface area contributed by atoms with Crippen molar-refractivity contribution in [3.8, 4) is 5.75 Å². The molecule has 1 amide bonds. The molecule has 35 heavy (non-hydrogen) atoms. The number of carbonyl (C=O) groups excluding carboxylic acids is 1. The molecule has 194 valence electrons. The lowest BCUT2D eigenvalue weighted by molar-refractivity contribution is -0.137. The molecule has 0 radical (unpaired) electrons. The molecule has 1 aromatic heterocycles. The Bertz CT molecular complexity index is 999. The molecule has 1 atom stereocenters. The van der Waals surface area contributed by atoms with Crippen molar-refractivity contribution in [2.24, 2.45) is 0 Å². The van der Waals surface area contributed by atoms with E-state index in [0.29, 0.717) is 31.7 Å². The normalized spacial score (nSPS) is 11.9. The van der Waals surface area contributed by atoms with Crippen LogP contribution in [0.3, 0.4) is 0 Å². The molecule has 0 aliphatic rings. The van der Waals surface area contributed by atoms with Crippen LogP contribution in [-0.2, 0) is 22.6 Å². The van der Waals surface area contributed by atoms with Crippen molar-refractivity contribution in [1.82, 2.24) is 4.57 Å². The molecule has 2 rings (SSSR count). The van der Waals surface area contributed by atoms with Gasteiger partial charge in [-0.1, -0.05) is 39.7 Å². The van der Waals surface area contributed by atoms with Crippen LogP contribution in [0.1, 0.15) is 101 Å². The van der Waals surface area contributed by atoms with Crippen LogP contribution in [0.25, 0.3) is 0 Å². The summed E-state index contributed by atoms with van der Waals surface area (Å²) in [5.41, 5.74) is 4.87. The van der Waals surface area contributed by atoms with Crippen LogP contribution in [0.15, 0.2) is 18.2 Å². The molecule has 0 aliphatic heterocycles. The molecule has 2 N–H and O–H groups in total. The molecule has 0 saturated carbocycles. The number of carbonyl (C=O) groups is 2. The van der Waals surface area contributed by atoms with Gasteiger partial charge in [-0.05, 0) is 56.6 Å². The third kappa shape index (κ3) is 7.84. The highest BCUT2D eigenvalue weighted by Crippen LogP contribution is 2.40. The van der Waals surface area contributed by atoms with E-state index in [1.165, 1.54) is 19.1 Å². The average Bonchev–Trinajstić information content (AvgIpc) is 3.05. The second-order valence-electron chi connectivity index (χ2n) is 9.17. The molecule has 1 aromatic carbocycles. The Hall–Kier alpha value is -2.83. The van der Waals surface area contributed by atoms with E-state index in [-0.39, 0.29) is 24.1 Å². The van der Waals surface area contributed by atoms with E-state index >= 15 is 0 Å². The maximum atomic E-state index is 14.0. The van der Waals surface area contributed by atoms with E-state index in [9.17, 15) is 14.0 Å². The summed E-state index contributed by atoms with van der Waals surface area (Å²) in [7, 11) is 0. The predicted octanol–water partition coefficient (Wildman–Crippen LogP) is 6.82. The molecule has 1 heterocycles. The van der Waals surface area contributed by atoms with Gasteiger partial charge in [-0.2, -0.15) is 0 Å². The van der Waals surface area contributed by atoms with Gasteiger partial charge >= 0.3 is 5.97 Å². The van der Waals surface area contributed by atoms with Gasteiger partial charge in [0, 0.05) is 36.4 Å². The van der Waals surface area contributed by atoms with Crippen molar-refractivity contribution in [3.63, 3.8) is 0 Å². The first-order chi connectivity index (χ1) is 16.7. The number of anilines is 1. The third-order valence-corrected chi connectivity index (χ3v) is 6.39. The molecule has 0 aliphatic carbocycles. The average molecular weight is 489 g/mol. The van der Waals surface area contributed by atoms with E-state index in [4.69, 9.17) is 9.84 Å². The summed E-state index contributed by atoms with van der Waals surface area (Å²) in [5.74, 6) is -0.578. The van der Waals surface area contributed by atoms with Crippen molar-refractivity contribution in [2.75, 3.05) is 11.9 Å². The van der Waals surface area contributed by atoms with Gasteiger partial charge in [-0.15, -0.1) is 0 Å². The Morgan fingerprint density at radius 2 is 1.86 bits per heavy atom. The molecule has 6 nitrogen and oxygen atoms in total. The highest BCUT2D eigenvalue weighted by molar-refractivity contribution is 5.91. The molecule has 2 aromatic rings. The van der Waals surface area contributed by atoms with E-state index in [1.54, 1.807) is 6.07 Å². The molecule has 1 unspecified atom stereocenters. The van der Waals surface area contributed by atoms with E-state index in [1.807, 2.05) is 6.92 Å². The van der Waals surface area contributed by atoms with Crippen LogP contribution >= 0.6 is 0 Å². The van der Waals surface area contributed by atoms with Crippen LogP contribution in [0.4, 0.5) is 10.1 Å². The fourth-order valence-electron chi connectivity index (χ4n) is 4.77. The van der Waals surface area contributed by atoms with Gasteiger partial charge in [0.15, 0.2) is 0 Å². The first-order valence-electron chi connectivity index (χ1n) is 12.9. The number of amides is 1.